The van der Waals surface area contributed by atoms with Crippen molar-refractivity contribution in [2.45, 2.75) is 64.9 Å². The van der Waals surface area contributed by atoms with E-state index in [-0.39, 0.29) is 12.1 Å². The summed E-state index contributed by atoms with van der Waals surface area (Å²) in [5.74, 6) is 0.360. The van der Waals surface area contributed by atoms with E-state index in [0.717, 1.165) is 38.5 Å². The highest BCUT2D eigenvalue weighted by molar-refractivity contribution is 5.65. The molecule has 1 aromatic rings. The van der Waals surface area contributed by atoms with Crippen LogP contribution in [0, 0.1) is 11.3 Å². The van der Waals surface area contributed by atoms with Gasteiger partial charge < -0.3 is 15.2 Å². The third kappa shape index (κ3) is 7.87. The fraction of sp³-hybridized carbons (Fsp3) is 0.579. The summed E-state index contributed by atoms with van der Waals surface area (Å²) in [5, 5.41) is 9.14. The molecule has 24 heavy (non-hydrogen) atoms. The Balaban J connectivity index is 2.13. The fourth-order valence-electron chi connectivity index (χ4n) is 2.50. The summed E-state index contributed by atoms with van der Waals surface area (Å²) in [7, 11) is 0. The van der Waals surface area contributed by atoms with Gasteiger partial charge >= 0.3 is 5.97 Å². The number of benzene rings is 1. The minimum atomic E-state index is -0.205. The SMILES string of the molecule is CC(=O)OCCCCCCCCC(C)Oc1cccc(N)c1C#N. The number of unbranched alkanes of at least 4 members (excludes halogenated alkanes) is 5. The fourth-order valence-corrected chi connectivity index (χ4v) is 2.50. The number of anilines is 1. The van der Waals surface area contributed by atoms with E-state index >= 15 is 0 Å². The van der Waals surface area contributed by atoms with Crippen LogP contribution in [0.3, 0.4) is 0 Å². The molecule has 0 aliphatic carbocycles. The second-order valence-corrected chi connectivity index (χ2v) is 6.01. The lowest BCUT2D eigenvalue weighted by molar-refractivity contribution is -0.141. The molecule has 0 aliphatic rings. The van der Waals surface area contributed by atoms with Crippen LogP contribution in [0.25, 0.3) is 0 Å². The zero-order valence-electron chi connectivity index (χ0n) is 14.7. The number of nitrogens with two attached hydrogens (primary N) is 1. The van der Waals surface area contributed by atoms with E-state index in [4.69, 9.17) is 20.5 Å². The molecule has 1 atom stereocenters. The van der Waals surface area contributed by atoms with Crippen molar-refractivity contribution in [3.05, 3.63) is 23.8 Å². The van der Waals surface area contributed by atoms with Crippen molar-refractivity contribution in [2.24, 2.45) is 0 Å². The molecule has 0 amide bonds. The van der Waals surface area contributed by atoms with Gasteiger partial charge in [-0.15, -0.1) is 0 Å². The highest BCUT2D eigenvalue weighted by atomic mass is 16.5. The number of hydrogen-bond acceptors (Lipinski definition) is 5. The summed E-state index contributed by atoms with van der Waals surface area (Å²) in [5.41, 5.74) is 6.65. The zero-order valence-corrected chi connectivity index (χ0v) is 14.7. The third-order valence-electron chi connectivity index (χ3n) is 3.81. The number of hydrogen-bond donors (Lipinski definition) is 1. The molecule has 1 unspecified atom stereocenters. The van der Waals surface area contributed by atoms with Crippen LogP contribution in [0.15, 0.2) is 18.2 Å². The Hall–Kier alpha value is -2.22. The van der Waals surface area contributed by atoms with Crippen molar-refractivity contribution in [1.82, 2.24) is 0 Å². The average Bonchev–Trinajstić information content (AvgIpc) is 2.53. The van der Waals surface area contributed by atoms with E-state index in [9.17, 15) is 4.79 Å². The minimum absolute atomic E-state index is 0.0582. The van der Waals surface area contributed by atoms with E-state index in [1.54, 1.807) is 18.2 Å². The van der Waals surface area contributed by atoms with Crippen LogP contribution >= 0.6 is 0 Å². The maximum atomic E-state index is 10.6. The molecule has 0 fully saturated rings. The molecule has 0 aliphatic heterocycles. The van der Waals surface area contributed by atoms with Gasteiger partial charge in [0.25, 0.3) is 0 Å². The van der Waals surface area contributed by atoms with Gasteiger partial charge in [-0.05, 0) is 38.3 Å². The molecular weight excluding hydrogens is 304 g/mol. The molecule has 5 nitrogen and oxygen atoms in total. The van der Waals surface area contributed by atoms with Crippen LogP contribution in [0.2, 0.25) is 0 Å². The third-order valence-corrected chi connectivity index (χ3v) is 3.81. The molecule has 0 saturated carbocycles. The van der Waals surface area contributed by atoms with Crippen molar-refractivity contribution in [1.29, 1.82) is 5.26 Å². The van der Waals surface area contributed by atoms with E-state index in [2.05, 4.69) is 6.07 Å². The lowest BCUT2D eigenvalue weighted by Crippen LogP contribution is -2.12. The van der Waals surface area contributed by atoms with Crippen molar-refractivity contribution in [3.63, 3.8) is 0 Å². The second kappa shape index (κ2) is 11.3. The summed E-state index contributed by atoms with van der Waals surface area (Å²) < 4.78 is 10.7. The predicted octanol–water partition coefficient (Wildman–Crippen LogP) is 4.20. The molecule has 0 spiro atoms. The first kappa shape index (κ1) is 19.8. The van der Waals surface area contributed by atoms with Crippen molar-refractivity contribution >= 4 is 11.7 Å². The van der Waals surface area contributed by atoms with Gasteiger partial charge in [-0.25, -0.2) is 0 Å². The lowest BCUT2D eigenvalue weighted by atomic mass is 10.1. The first-order valence-corrected chi connectivity index (χ1v) is 8.63. The number of carbonyl (C=O) groups excluding carboxylic acids is 1. The number of rotatable bonds is 11. The number of nitriles is 1. The Labute approximate surface area is 144 Å². The van der Waals surface area contributed by atoms with Gasteiger partial charge in [0.1, 0.15) is 17.4 Å². The molecule has 132 valence electrons. The first-order chi connectivity index (χ1) is 11.5. The summed E-state index contributed by atoms with van der Waals surface area (Å²) >= 11 is 0. The van der Waals surface area contributed by atoms with E-state index < -0.39 is 0 Å². The number of ether oxygens (including phenoxy) is 2. The zero-order chi connectivity index (χ0) is 17.8. The predicted molar refractivity (Wildman–Crippen MR) is 94.6 cm³/mol. The Morgan fingerprint density at radius 3 is 2.54 bits per heavy atom. The Morgan fingerprint density at radius 1 is 1.21 bits per heavy atom. The van der Waals surface area contributed by atoms with Gasteiger partial charge in [0.2, 0.25) is 0 Å². The second-order valence-electron chi connectivity index (χ2n) is 6.01. The smallest absolute Gasteiger partial charge is 0.302 e. The lowest BCUT2D eigenvalue weighted by Gasteiger charge is -2.16. The maximum Gasteiger partial charge on any atom is 0.302 e. The van der Waals surface area contributed by atoms with Gasteiger partial charge in [-0.1, -0.05) is 31.7 Å². The van der Waals surface area contributed by atoms with E-state index in [1.165, 1.54) is 13.3 Å². The molecule has 0 heterocycles. The molecular formula is C19H28N2O3. The summed E-state index contributed by atoms with van der Waals surface area (Å²) in [6, 6.07) is 7.39. The number of carbonyl (C=O) groups is 1. The van der Waals surface area contributed by atoms with Crippen molar-refractivity contribution in [3.8, 4) is 11.8 Å². The Morgan fingerprint density at radius 2 is 1.88 bits per heavy atom. The molecule has 0 bridgehead atoms. The quantitative estimate of drug-likeness (QED) is 0.373. The van der Waals surface area contributed by atoms with Gasteiger partial charge in [0, 0.05) is 6.92 Å². The highest BCUT2D eigenvalue weighted by Gasteiger charge is 2.10. The summed E-state index contributed by atoms with van der Waals surface area (Å²) in [6.45, 7) is 3.98. The number of esters is 1. The first-order valence-electron chi connectivity index (χ1n) is 8.63. The number of nitrogen functional groups attached to an aromatic ring is 1. The molecule has 5 heteroatoms. The van der Waals surface area contributed by atoms with Gasteiger partial charge in [-0.3, -0.25) is 4.79 Å². The molecule has 2 N–H and O–H groups in total. The van der Waals surface area contributed by atoms with Crippen molar-refractivity contribution < 1.29 is 14.3 Å². The average molecular weight is 332 g/mol. The van der Waals surface area contributed by atoms with Crippen LogP contribution in [-0.2, 0) is 9.53 Å². The summed E-state index contributed by atoms with van der Waals surface area (Å²) in [6.07, 6.45) is 7.62. The normalized spacial score (nSPS) is 11.5. The van der Waals surface area contributed by atoms with Crippen LogP contribution in [0.4, 0.5) is 5.69 Å². The van der Waals surface area contributed by atoms with E-state index in [1.807, 2.05) is 6.92 Å². The van der Waals surface area contributed by atoms with Gasteiger partial charge in [-0.2, -0.15) is 5.26 Å². The largest absolute Gasteiger partial charge is 0.489 e. The van der Waals surface area contributed by atoms with Crippen LogP contribution in [0.1, 0.15) is 64.4 Å². The van der Waals surface area contributed by atoms with Crippen LogP contribution in [0.5, 0.6) is 5.75 Å². The van der Waals surface area contributed by atoms with Crippen molar-refractivity contribution in [2.75, 3.05) is 12.3 Å². The minimum Gasteiger partial charge on any atom is -0.489 e. The molecule has 1 aromatic carbocycles. The molecule has 0 radical (unpaired) electrons. The standard InChI is InChI=1S/C19H28N2O3/c1-15(24-19-12-9-11-18(21)17(19)14-20)10-7-5-3-4-6-8-13-23-16(2)22/h9,11-12,15H,3-8,10,13,21H2,1-2H3. The monoisotopic (exact) mass is 332 g/mol. The van der Waals surface area contributed by atoms with Gasteiger partial charge in [0.05, 0.1) is 18.4 Å². The Kier molecular flexibility index (Phi) is 9.36. The molecule has 0 aromatic heterocycles. The highest BCUT2D eigenvalue weighted by Crippen LogP contribution is 2.25. The molecule has 1 rings (SSSR count). The Bertz CT molecular complexity index is 552. The molecule has 0 saturated heterocycles. The number of nitrogens with zero attached hydrogens (tertiary/aromatic N) is 1. The maximum absolute atomic E-state index is 10.6. The topological polar surface area (TPSA) is 85.3 Å². The summed E-state index contributed by atoms with van der Waals surface area (Å²) in [4.78, 5) is 10.6. The van der Waals surface area contributed by atoms with Crippen LogP contribution in [-0.4, -0.2) is 18.7 Å². The van der Waals surface area contributed by atoms with Gasteiger partial charge in [0.15, 0.2) is 0 Å². The van der Waals surface area contributed by atoms with E-state index in [0.29, 0.717) is 23.6 Å². The van der Waals surface area contributed by atoms with Crippen LogP contribution < -0.4 is 10.5 Å².